The van der Waals surface area contributed by atoms with E-state index in [2.05, 4.69) is 15.2 Å². The van der Waals surface area contributed by atoms with Gasteiger partial charge in [0.25, 0.3) is 11.5 Å². The van der Waals surface area contributed by atoms with E-state index >= 15 is 0 Å². The Labute approximate surface area is 142 Å². The molecule has 1 heterocycles. The molecule has 3 rings (SSSR count). The number of hydrogen-bond acceptors (Lipinski definition) is 5. The number of esters is 1. The van der Waals surface area contributed by atoms with Crippen molar-refractivity contribution in [3.8, 4) is 0 Å². The summed E-state index contributed by atoms with van der Waals surface area (Å²) in [5.41, 5.74) is 0.757. The minimum Gasteiger partial charge on any atom is -0.465 e. The van der Waals surface area contributed by atoms with Crippen molar-refractivity contribution < 1.29 is 14.3 Å². The summed E-state index contributed by atoms with van der Waals surface area (Å²) in [6, 6.07) is 13.1. The van der Waals surface area contributed by atoms with Gasteiger partial charge in [0, 0.05) is 18.1 Å². The van der Waals surface area contributed by atoms with E-state index < -0.39 is 11.9 Å². The number of aryl methyl sites for hydroxylation is 1. The maximum atomic E-state index is 12.6. The number of aromatic nitrogens is 2. The molecule has 2 aromatic carbocycles. The first-order chi connectivity index (χ1) is 12.0. The van der Waals surface area contributed by atoms with Gasteiger partial charge < -0.3 is 10.1 Å². The Morgan fingerprint density at radius 2 is 1.68 bits per heavy atom. The lowest BCUT2D eigenvalue weighted by molar-refractivity contribution is 0.0600. The lowest BCUT2D eigenvalue weighted by Crippen LogP contribution is -2.25. The summed E-state index contributed by atoms with van der Waals surface area (Å²) in [5.74, 6) is -0.902. The highest BCUT2D eigenvalue weighted by molar-refractivity contribution is 6.11. The van der Waals surface area contributed by atoms with Gasteiger partial charge in [0.15, 0.2) is 5.69 Å². The van der Waals surface area contributed by atoms with Crippen LogP contribution in [-0.4, -0.2) is 28.8 Å². The summed E-state index contributed by atoms with van der Waals surface area (Å²) < 4.78 is 5.77. The van der Waals surface area contributed by atoms with Crippen molar-refractivity contribution in [3.63, 3.8) is 0 Å². The number of nitrogens with one attached hydrogen (secondary N) is 1. The molecule has 0 aliphatic heterocycles. The van der Waals surface area contributed by atoms with Crippen LogP contribution in [0.2, 0.25) is 0 Å². The maximum Gasteiger partial charge on any atom is 0.337 e. The van der Waals surface area contributed by atoms with Crippen LogP contribution >= 0.6 is 0 Å². The zero-order chi connectivity index (χ0) is 18.0. The van der Waals surface area contributed by atoms with E-state index in [1.165, 1.54) is 14.2 Å². The summed E-state index contributed by atoms with van der Waals surface area (Å²) in [5, 5.41) is 7.69. The molecule has 0 atom stereocenters. The van der Waals surface area contributed by atoms with Gasteiger partial charge in [-0.1, -0.05) is 18.2 Å². The van der Waals surface area contributed by atoms with Crippen molar-refractivity contribution in [1.82, 2.24) is 9.78 Å². The molecule has 0 unspecified atom stereocenters. The number of ether oxygens (including phenoxy) is 1. The van der Waals surface area contributed by atoms with Crippen molar-refractivity contribution in [2.24, 2.45) is 7.05 Å². The Hall–Kier alpha value is -3.48. The standard InChI is InChI=1S/C18H15N3O4/c1-21-17(23)14-6-4-3-5-13(14)15(20-21)16(22)19-12-9-7-11(8-10-12)18(24)25-2/h3-10H,1-2H3,(H,19,22). The zero-order valence-electron chi connectivity index (χ0n) is 13.6. The first kappa shape index (κ1) is 16.4. The van der Waals surface area contributed by atoms with Gasteiger partial charge in [0.05, 0.1) is 18.1 Å². The maximum absolute atomic E-state index is 12.6. The van der Waals surface area contributed by atoms with E-state index in [0.717, 1.165) is 4.68 Å². The molecule has 1 amide bonds. The first-order valence-corrected chi connectivity index (χ1v) is 7.47. The number of methoxy groups -OCH3 is 1. The third-order valence-electron chi connectivity index (χ3n) is 3.74. The number of nitrogens with zero attached hydrogens (tertiary/aromatic N) is 2. The third-order valence-corrected chi connectivity index (χ3v) is 3.74. The second-order valence-corrected chi connectivity index (χ2v) is 5.35. The highest BCUT2D eigenvalue weighted by atomic mass is 16.5. The number of carbonyl (C=O) groups is 2. The van der Waals surface area contributed by atoms with Crippen LogP contribution in [0.25, 0.3) is 10.8 Å². The molecule has 0 saturated carbocycles. The molecular weight excluding hydrogens is 322 g/mol. The quantitative estimate of drug-likeness (QED) is 0.738. The molecule has 7 heteroatoms. The van der Waals surface area contributed by atoms with Crippen LogP contribution in [0.1, 0.15) is 20.8 Å². The van der Waals surface area contributed by atoms with Gasteiger partial charge in [0.2, 0.25) is 0 Å². The van der Waals surface area contributed by atoms with Crippen molar-refractivity contribution >= 4 is 28.3 Å². The number of benzene rings is 2. The fourth-order valence-corrected chi connectivity index (χ4v) is 2.47. The molecule has 1 N–H and O–H groups in total. The molecule has 0 spiro atoms. The smallest absolute Gasteiger partial charge is 0.337 e. The number of fused-ring (bicyclic) bond motifs is 1. The third kappa shape index (κ3) is 3.12. The Bertz CT molecular complexity index is 1020. The fourth-order valence-electron chi connectivity index (χ4n) is 2.47. The van der Waals surface area contributed by atoms with E-state index in [1.54, 1.807) is 48.5 Å². The Morgan fingerprint density at radius 1 is 1.04 bits per heavy atom. The van der Waals surface area contributed by atoms with Gasteiger partial charge in [-0.15, -0.1) is 0 Å². The highest BCUT2D eigenvalue weighted by Crippen LogP contribution is 2.16. The van der Waals surface area contributed by atoms with E-state index in [0.29, 0.717) is 22.0 Å². The van der Waals surface area contributed by atoms with Gasteiger partial charge in [-0.05, 0) is 30.3 Å². The molecule has 0 fully saturated rings. The van der Waals surface area contributed by atoms with Crippen LogP contribution in [-0.2, 0) is 11.8 Å². The largest absolute Gasteiger partial charge is 0.465 e. The van der Waals surface area contributed by atoms with Crippen molar-refractivity contribution in [2.45, 2.75) is 0 Å². The molecule has 0 bridgehead atoms. The number of amides is 1. The molecule has 25 heavy (non-hydrogen) atoms. The van der Waals surface area contributed by atoms with Crippen LogP contribution in [0, 0.1) is 0 Å². The number of rotatable bonds is 3. The Kier molecular flexibility index (Phi) is 4.30. The highest BCUT2D eigenvalue weighted by Gasteiger charge is 2.16. The van der Waals surface area contributed by atoms with Crippen LogP contribution in [0.3, 0.4) is 0 Å². The average molecular weight is 337 g/mol. The number of anilines is 1. The minimum atomic E-state index is -0.455. The molecule has 7 nitrogen and oxygen atoms in total. The summed E-state index contributed by atoms with van der Waals surface area (Å²) in [6.07, 6.45) is 0. The van der Waals surface area contributed by atoms with Gasteiger partial charge in [-0.25, -0.2) is 9.48 Å². The molecule has 0 saturated heterocycles. The predicted molar refractivity (Wildman–Crippen MR) is 92.7 cm³/mol. The van der Waals surface area contributed by atoms with E-state index in [1.807, 2.05) is 0 Å². The summed E-state index contributed by atoms with van der Waals surface area (Å²) in [6.45, 7) is 0. The van der Waals surface area contributed by atoms with Crippen LogP contribution in [0.15, 0.2) is 53.3 Å². The lowest BCUT2D eigenvalue weighted by atomic mass is 10.1. The molecule has 3 aromatic rings. The first-order valence-electron chi connectivity index (χ1n) is 7.47. The second kappa shape index (κ2) is 6.56. The van der Waals surface area contributed by atoms with Gasteiger partial charge in [0.1, 0.15) is 0 Å². The molecular formula is C18H15N3O4. The van der Waals surface area contributed by atoms with Crippen molar-refractivity contribution in [3.05, 3.63) is 70.1 Å². The van der Waals surface area contributed by atoms with E-state index in [9.17, 15) is 14.4 Å². The van der Waals surface area contributed by atoms with E-state index in [4.69, 9.17) is 0 Å². The second-order valence-electron chi connectivity index (χ2n) is 5.35. The predicted octanol–water partition coefficient (Wildman–Crippen LogP) is 1.97. The van der Waals surface area contributed by atoms with Gasteiger partial charge in [-0.2, -0.15) is 5.10 Å². The van der Waals surface area contributed by atoms with Gasteiger partial charge >= 0.3 is 5.97 Å². The topological polar surface area (TPSA) is 90.3 Å². The van der Waals surface area contributed by atoms with E-state index in [-0.39, 0.29) is 11.3 Å². The number of carbonyl (C=O) groups excluding carboxylic acids is 2. The zero-order valence-corrected chi connectivity index (χ0v) is 13.6. The molecule has 0 aliphatic carbocycles. The number of hydrogen-bond donors (Lipinski definition) is 1. The monoisotopic (exact) mass is 337 g/mol. The summed E-state index contributed by atoms with van der Waals surface area (Å²) in [4.78, 5) is 36.1. The molecule has 1 aromatic heterocycles. The normalized spacial score (nSPS) is 10.5. The van der Waals surface area contributed by atoms with Crippen LogP contribution in [0.5, 0.6) is 0 Å². The Morgan fingerprint density at radius 3 is 2.32 bits per heavy atom. The average Bonchev–Trinajstić information content (AvgIpc) is 2.64. The fraction of sp³-hybridized carbons (Fsp3) is 0.111. The SMILES string of the molecule is COC(=O)c1ccc(NC(=O)c2nn(C)c(=O)c3ccccc23)cc1. The summed E-state index contributed by atoms with van der Waals surface area (Å²) >= 11 is 0. The molecule has 0 aliphatic rings. The lowest BCUT2D eigenvalue weighted by Gasteiger charge is -2.09. The minimum absolute atomic E-state index is 0.148. The summed E-state index contributed by atoms with van der Waals surface area (Å²) in [7, 11) is 2.80. The molecule has 0 radical (unpaired) electrons. The van der Waals surface area contributed by atoms with Gasteiger partial charge in [-0.3, -0.25) is 9.59 Å². The Balaban J connectivity index is 1.94. The van der Waals surface area contributed by atoms with Crippen LogP contribution < -0.4 is 10.9 Å². The molecule has 126 valence electrons. The van der Waals surface area contributed by atoms with Crippen molar-refractivity contribution in [2.75, 3.05) is 12.4 Å². The van der Waals surface area contributed by atoms with Crippen molar-refractivity contribution in [1.29, 1.82) is 0 Å². The van der Waals surface area contributed by atoms with Crippen LogP contribution in [0.4, 0.5) is 5.69 Å².